The Bertz CT molecular complexity index is 1150. The minimum atomic E-state index is -4.01. The van der Waals surface area contributed by atoms with Gasteiger partial charge in [0.1, 0.15) is 18.0 Å². The molecule has 0 spiro atoms. The Kier molecular flexibility index (Phi) is 8.48. The van der Waals surface area contributed by atoms with E-state index in [9.17, 15) is 18.9 Å². The van der Waals surface area contributed by atoms with Crippen LogP contribution in [0, 0.1) is 0 Å². The van der Waals surface area contributed by atoms with Crippen LogP contribution in [-0.2, 0) is 30.4 Å². The van der Waals surface area contributed by atoms with Gasteiger partial charge in [-0.05, 0) is 45.7 Å². The quantitative estimate of drug-likeness (QED) is 0.390. The Morgan fingerprint density at radius 2 is 1.88 bits per heavy atom. The molecule has 1 aliphatic heterocycles. The number of ether oxygens (including phenoxy) is 2. The molecule has 1 aliphatic rings. The summed E-state index contributed by atoms with van der Waals surface area (Å²) in [6.45, 7) is 4.82. The fourth-order valence-electron chi connectivity index (χ4n) is 3.34. The van der Waals surface area contributed by atoms with Gasteiger partial charge in [0.2, 0.25) is 0 Å². The van der Waals surface area contributed by atoms with Crippen LogP contribution < -0.4 is 20.9 Å². The molecule has 11 nitrogen and oxygen atoms in total. The number of benzene rings is 1. The molecule has 0 amide bonds. The summed E-state index contributed by atoms with van der Waals surface area (Å²) in [5, 5.41) is 2.62. The smallest absolute Gasteiger partial charge is 0.459 e. The molecule has 1 N–H and O–H groups in total. The molecule has 1 unspecified atom stereocenters. The highest BCUT2D eigenvalue weighted by molar-refractivity contribution is 7.52. The number of aromatic nitrogens is 2. The van der Waals surface area contributed by atoms with Gasteiger partial charge in [-0.2, -0.15) is 5.09 Å². The summed E-state index contributed by atoms with van der Waals surface area (Å²) in [5.74, 6) is -0.300. The van der Waals surface area contributed by atoms with Crippen molar-refractivity contribution in [2.45, 2.75) is 58.1 Å². The number of esters is 1. The lowest BCUT2D eigenvalue weighted by Gasteiger charge is -2.24. The van der Waals surface area contributed by atoms with Crippen molar-refractivity contribution in [1.82, 2.24) is 14.2 Å². The molecule has 1 aromatic heterocycles. The summed E-state index contributed by atoms with van der Waals surface area (Å²) in [5.41, 5.74) is -0.898. The van der Waals surface area contributed by atoms with Crippen molar-refractivity contribution in [2.75, 3.05) is 6.61 Å². The van der Waals surface area contributed by atoms with Crippen LogP contribution in [0.25, 0.3) is 0 Å². The van der Waals surface area contributed by atoms with Gasteiger partial charge in [-0.25, -0.2) is 9.36 Å². The van der Waals surface area contributed by atoms with Crippen LogP contribution in [-0.4, -0.2) is 40.0 Å². The van der Waals surface area contributed by atoms with E-state index < -0.39 is 43.3 Å². The van der Waals surface area contributed by atoms with E-state index in [4.69, 9.17) is 18.5 Å². The summed E-state index contributed by atoms with van der Waals surface area (Å²) in [6.07, 6.45) is 1.01. The van der Waals surface area contributed by atoms with Crippen molar-refractivity contribution < 1.29 is 27.9 Å². The summed E-state index contributed by atoms with van der Waals surface area (Å²) in [4.78, 5) is 36.2. The van der Waals surface area contributed by atoms with E-state index in [1.807, 2.05) is 0 Å². The van der Waals surface area contributed by atoms with E-state index in [2.05, 4.69) is 5.09 Å². The second kappa shape index (κ2) is 11.1. The van der Waals surface area contributed by atoms with Crippen molar-refractivity contribution in [1.29, 1.82) is 0 Å². The molecule has 12 heteroatoms. The Balaban J connectivity index is 1.68. The lowest BCUT2D eigenvalue weighted by Crippen LogP contribution is -2.38. The lowest BCUT2D eigenvalue weighted by molar-refractivity contribution is -0.149. The first kappa shape index (κ1) is 25.9. The second-order valence-electron chi connectivity index (χ2n) is 8.23. The molecule has 1 fully saturated rings. The van der Waals surface area contributed by atoms with Crippen molar-refractivity contribution in [3.8, 4) is 5.75 Å². The Labute approximate surface area is 197 Å². The number of rotatable bonds is 10. The Morgan fingerprint density at radius 1 is 1.18 bits per heavy atom. The maximum absolute atomic E-state index is 13.5. The summed E-state index contributed by atoms with van der Waals surface area (Å²) >= 11 is 0. The summed E-state index contributed by atoms with van der Waals surface area (Å²) in [6, 6.07) is 8.77. The van der Waals surface area contributed by atoms with Crippen molar-refractivity contribution >= 4 is 13.7 Å². The highest BCUT2D eigenvalue weighted by atomic mass is 31.2. The fourth-order valence-corrected chi connectivity index (χ4v) is 4.86. The third-order valence-electron chi connectivity index (χ3n) is 5.07. The van der Waals surface area contributed by atoms with Crippen molar-refractivity contribution in [2.24, 2.45) is 7.05 Å². The monoisotopic (exact) mass is 495 g/mol. The first-order chi connectivity index (χ1) is 16.1. The van der Waals surface area contributed by atoms with E-state index in [0.29, 0.717) is 18.6 Å². The largest absolute Gasteiger partial charge is 0.462 e. The van der Waals surface area contributed by atoms with Crippen LogP contribution in [0.5, 0.6) is 5.75 Å². The standard InChI is InChI=1S/C22H30N3O8P/c1-15(2)31-21(27)16(3)23-34(29,33-17-8-6-5-7-9-17)30-14-18-10-11-20(32-18)25-13-12-19(26)24(4)22(25)28/h5-9,12-13,15-16,18,20H,10-11,14H2,1-4H3,(H,23,29)/t16-,18-,20+,34?/m0/s1. The predicted molar refractivity (Wildman–Crippen MR) is 124 cm³/mol. The average molecular weight is 495 g/mol. The zero-order valence-corrected chi connectivity index (χ0v) is 20.5. The first-order valence-electron chi connectivity index (χ1n) is 11.0. The maximum atomic E-state index is 13.5. The van der Waals surface area contributed by atoms with Crippen LogP contribution in [0.1, 0.15) is 39.8 Å². The Morgan fingerprint density at radius 3 is 2.56 bits per heavy atom. The minimum Gasteiger partial charge on any atom is -0.462 e. The molecule has 2 heterocycles. The third kappa shape index (κ3) is 6.66. The SMILES string of the molecule is CC(C)OC(=O)[C@H](C)NP(=O)(OC[C@@H]1CC[C@H](n2ccc(=O)n(C)c2=O)O1)Oc1ccccc1. The van der Waals surface area contributed by atoms with E-state index in [1.54, 1.807) is 44.2 Å². The van der Waals surface area contributed by atoms with Crippen LogP contribution in [0.3, 0.4) is 0 Å². The van der Waals surface area contributed by atoms with E-state index in [1.165, 1.54) is 30.8 Å². The molecular weight excluding hydrogens is 465 g/mol. The first-order valence-corrected chi connectivity index (χ1v) is 12.5. The van der Waals surface area contributed by atoms with Gasteiger partial charge >= 0.3 is 19.4 Å². The van der Waals surface area contributed by atoms with Gasteiger partial charge in [0.05, 0.1) is 18.8 Å². The highest BCUT2D eigenvalue weighted by Crippen LogP contribution is 2.45. The second-order valence-corrected chi connectivity index (χ2v) is 9.92. The topological polar surface area (TPSA) is 127 Å². The van der Waals surface area contributed by atoms with Gasteiger partial charge < -0.3 is 14.0 Å². The molecule has 2 aromatic rings. The fraction of sp³-hybridized carbons (Fsp3) is 0.500. The molecular formula is C22H30N3O8P. The number of hydrogen-bond donors (Lipinski definition) is 1. The van der Waals surface area contributed by atoms with Crippen LogP contribution in [0.15, 0.2) is 52.2 Å². The number of nitrogens with one attached hydrogen (secondary N) is 1. The van der Waals surface area contributed by atoms with Gasteiger partial charge in [-0.15, -0.1) is 0 Å². The maximum Gasteiger partial charge on any atom is 0.459 e. The van der Waals surface area contributed by atoms with Gasteiger partial charge in [0.25, 0.3) is 5.56 Å². The molecule has 34 heavy (non-hydrogen) atoms. The molecule has 0 aliphatic carbocycles. The van der Waals surface area contributed by atoms with Crippen LogP contribution in [0.4, 0.5) is 0 Å². The third-order valence-corrected chi connectivity index (χ3v) is 6.71. The Hall–Kier alpha value is -2.72. The van der Waals surface area contributed by atoms with Crippen molar-refractivity contribution in [3.05, 3.63) is 63.4 Å². The molecule has 0 saturated carbocycles. The molecule has 0 radical (unpaired) electrons. The highest BCUT2D eigenvalue weighted by Gasteiger charge is 2.35. The van der Waals surface area contributed by atoms with Crippen LogP contribution >= 0.6 is 7.75 Å². The summed E-state index contributed by atoms with van der Waals surface area (Å²) < 4.78 is 38.2. The molecule has 0 bridgehead atoms. The van der Waals surface area contributed by atoms with Crippen molar-refractivity contribution in [3.63, 3.8) is 0 Å². The number of carbonyl (C=O) groups is 1. The zero-order chi connectivity index (χ0) is 24.9. The van der Waals surface area contributed by atoms with E-state index >= 15 is 0 Å². The van der Waals surface area contributed by atoms with E-state index in [0.717, 1.165) is 4.57 Å². The van der Waals surface area contributed by atoms with Gasteiger partial charge in [-0.3, -0.25) is 23.2 Å². The minimum absolute atomic E-state index is 0.111. The van der Waals surface area contributed by atoms with Gasteiger partial charge in [-0.1, -0.05) is 18.2 Å². The average Bonchev–Trinajstić information content (AvgIpc) is 3.25. The molecule has 1 saturated heterocycles. The summed E-state index contributed by atoms with van der Waals surface area (Å²) in [7, 11) is -2.61. The number of hydrogen-bond acceptors (Lipinski definition) is 8. The van der Waals surface area contributed by atoms with Crippen LogP contribution in [0.2, 0.25) is 0 Å². The van der Waals surface area contributed by atoms with Gasteiger partial charge in [0, 0.05) is 19.3 Å². The molecule has 1 aromatic carbocycles. The molecule has 3 rings (SSSR count). The predicted octanol–water partition coefficient (Wildman–Crippen LogP) is 2.36. The number of para-hydroxylation sites is 1. The van der Waals surface area contributed by atoms with Gasteiger partial charge in [0.15, 0.2) is 0 Å². The zero-order valence-electron chi connectivity index (χ0n) is 19.6. The lowest BCUT2D eigenvalue weighted by atomic mass is 10.2. The van der Waals surface area contributed by atoms with E-state index in [-0.39, 0.29) is 12.7 Å². The number of nitrogens with zero attached hydrogens (tertiary/aromatic N) is 2. The number of carbonyl (C=O) groups excluding carboxylic acids is 1. The normalized spacial score (nSPS) is 20.6. The molecule has 186 valence electrons. The molecule has 4 atom stereocenters.